The van der Waals surface area contributed by atoms with E-state index in [2.05, 4.69) is 20.8 Å². The molecule has 2 heteroatoms. The summed E-state index contributed by atoms with van der Waals surface area (Å²) in [5.74, 6) is 1.57. The zero-order valence-electron chi connectivity index (χ0n) is 8.17. The smallest absolute Gasteiger partial charge is 0.140 e. The van der Waals surface area contributed by atoms with Crippen LogP contribution >= 0.6 is 0 Å². The lowest BCUT2D eigenvalue weighted by atomic mass is 9.81. The third-order valence-electron chi connectivity index (χ3n) is 2.89. The fourth-order valence-corrected chi connectivity index (χ4v) is 1.57. The number of rotatable bonds is 2. The Balaban J connectivity index is 2.53. The topological polar surface area (TPSA) is 26.3 Å². The zero-order valence-corrected chi connectivity index (χ0v) is 8.17. The van der Waals surface area contributed by atoms with Gasteiger partial charge in [0.2, 0.25) is 0 Å². The summed E-state index contributed by atoms with van der Waals surface area (Å²) in [4.78, 5) is 11.5. The minimum absolute atomic E-state index is 0.152. The molecule has 1 aliphatic heterocycles. The Bertz CT molecular complexity index is 163. The molecular formula is C10H18O2. The van der Waals surface area contributed by atoms with Gasteiger partial charge in [-0.2, -0.15) is 0 Å². The van der Waals surface area contributed by atoms with Crippen molar-refractivity contribution in [1.82, 2.24) is 0 Å². The molecule has 0 aromatic carbocycles. The molecule has 0 spiro atoms. The summed E-state index contributed by atoms with van der Waals surface area (Å²) in [5.41, 5.74) is 0. The molecule has 0 N–H and O–H groups in total. The highest BCUT2D eigenvalue weighted by atomic mass is 16.5. The first-order valence-corrected chi connectivity index (χ1v) is 4.73. The number of carbonyl (C=O) groups excluding carboxylic acids is 1. The summed E-state index contributed by atoms with van der Waals surface area (Å²) in [5, 5.41) is 0. The highest BCUT2D eigenvalue weighted by Crippen LogP contribution is 2.24. The van der Waals surface area contributed by atoms with Crippen LogP contribution < -0.4 is 0 Å². The van der Waals surface area contributed by atoms with E-state index in [1.807, 2.05) is 0 Å². The van der Waals surface area contributed by atoms with Gasteiger partial charge < -0.3 is 4.74 Å². The van der Waals surface area contributed by atoms with Crippen LogP contribution in [0.25, 0.3) is 0 Å². The summed E-state index contributed by atoms with van der Waals surface area (Å²) in [6.45, 7) is 7.72. The molecule has 0 saturated carbocycles. The molecule has 0 amide bonds. The van der Waals surface area contributed by atoms with Gasteiger partial charge in [-0.25, -0.2) is 0 Å². The normalized spacial score (nSPS) is 27.7. The molecule has 1 aliphatic rings. The van der Waals surface area contributed by atoms with Gasteiger partial charge in [-0.1, -0.05) is 20.8 Å². The Morgan fingerprint density at radius 2 is 2.08 bits per heavy atom. The van der Waals surface area contributed by atoms with Crippen LogP contribution in [0.1, 0.15) is 27.2 Å². The van der Waals surface area contributed by atoms with E-state index in [-0.39, 0.29) is 5.92 Å². The van der Waals surface area contributed by atoms with Gasteiger partial charge >= 0.3 is 0 Å². The number of ether oxygens (including phenoxy) is 1. The average Bonchev–Trinajstić information content (AvgIpc) is 2.04. The van der Waals surface area contributed by atoms with Crippen LogP contribution in [0, 0.1) is 17.8 Å². The lowest BCUT2D eigenvalue weighted by Gasteiger charge is -2.28. The van der Waals surface area contributed by atoms with Gasteiger partial charge in [-0.3, -0.25) is 4.79 Å². The molecule has 2 atom stereocenters. The van der Waals surface area contributed by atoms with Crippen molar-refractivity contribution >= 4 is 5.78 Å². The average molecular weight is 170 g/mol. The molecule has 12 heavy (non-hydrogen) atoms. The fraction of sp³-hybridized carbons (Fsp3) is 0.900. The standard InChI is InChI=1S/C10H18O2/c1-7(2)8(3)9-6-12-5-4-10(9)11/h7-9H,4-6H2,1-3H3. The van der Waals surface area contributed by atoms with Crippen LogP contribution in [0.15, 0.2) is 0 Å². The van der Waals surface area contributed by atoms with E-state index in [1.54, 1.807) is 0 Å². The van der Waals surface area contributed by atoms with Crippen LogP contribution in [0.5, 0.6) is 0 Å². The maximum absolute atomic E-state index is 11.5. The van der Waals surface area contributed by atoms with Crippen molar-refractivity contribution in [2.24, 2.45) is 17.8 Å². The second-order valence-electron chi connectivity index (χ2n) is 4.00. The molecule has 0 bridgehead atoms. The van der Waals surface area contributed by atoms with Crippen molar-refractivity contribution in [1.29, 1.82) is 0 Å². The SMILES string of the molecule is CC(C)C(C)C1COCCC1=O. The quantitative estimate of drug-likeness (QED) is 0.632. The van der Waals surface area contributed by atoms with E-state index in [9.17, 15) is 4.79 Å². The first-order chi connectivity index (χ1) is 5.63. The Labute approximate surface area is 74.3 Å². The highest BCUT2D eigenvalue weighted by Gasteiger charge is 2.29. The van der Waals surface area contributed by atoms with Crippen molar-refractivity contribution < 1.29 is 9.53 Å². The minimum atomic E-state index is 0.152. The number of hydrogen-bond donors (Lipinski definition) is 0. The molecular weight excluding hydrogens is 152 g/mol. The van der Waals surface area contributed by atoms with Crippen molar-refractivity contribution in [2.75, 3.05) is 13.2 Å². The van der Waals surface area contributed by atoms with Gasteiger partial charge in [0.25, 0.3) is 0 Å². The molecule has 70 valence electrons. The Morgan fingerprint density at radius 3 is 2.58 bits per heavy atom. The van der Waals surface area contributed by atoms with E-state index in [0.29, 0.717) is 37.3 Å². The van der Waals surface area contributed by atoms with Gasteiger partial charge in [0.15, 0.2) is 0 Å². The molecule has 0 aliphatic carbocycles. The van der Waals surface area contributed by atoms with Crippen LogP contribution in [-0.4, -0.2) is 19.0 Å². The number of Topliss-reactive ketones (excluding diaryl/α,β-unsaturated/α-hetero) is 1. The van der Waals surface area contributed by atoms with Gasteiger partial charge in [0, 0.05) is 12.3 Å². The predicted molar refractivity (Wildman–Crippen MR) is 47.9 cm³/mol. The molecule has 0 radical (unpaired) electrons. The molecule has 2 nitrogen and oxygen atoms in total. The van der Waals surface area contributed by atoms with Crippen LogP contribution in [0.4, 0.5) is 0 Å². The van der Waals surface area contributed by atoms with Gasteiger partial charge in [-0.15, -0.1) is 0 Å². The molecule has 1 rings (SSSR count). The zero-order chi connectivity index (χ0) is 9.14. The van der Waals surface area contributed by atoms with E-state index in [4.69, 9.17) is 4.74 Å². The fourth-order valence-electron chi connectivity index (χ4n) is 1.57. The second kappa shape index (κ2) is 4.04. The predicted octanol–water partition coefficient (Wildman–Crippen LogP) is 1.88. The largest absolute Gasteiger partial charge is 0.380 e. The lowest BCUT2D eigenvalue weighted by Crippen LogP contribution is -2.34. The Morgan fingerprint density at radius 1 is 1.42 bits per heavy atom. The van der Waals surface area contributed by atoms with Crippen molar-refractivity contribution in [3.8, 4) is 0 Å². The van der Waals surface area contributed by atoms with Crippen molar-refractivity contribution in [3.63, 3.8) is 0 Å². The summed E-state index contributed by atoms with van der Waals surface area (Å²) in [6, 6.07) is 0. The molecule has 0 aromatic heterocycles. The second-order valence-corrected chi connectivity index (χ2v) is 4.00. The molecule has 1 saturated heterocycles. The van der Waals surface area contributed by atoms with Crippen molar-refractivity contribution in [3.05, 3.63) is 0 Å². The molecule has 2 unspecified atom stereocenters. The van der Waals surface area contributed by atoms with Crippen LogP contribution in [0.2, 0.25) is 0 Å². The van der Waals surface area contributed by atoms with E-state index in [0.717, 1.165) is 0 Å². The van der Waals surface area contributed by atoms with E-state index in [1.165, 1.54) is 0 Å². The maximum atomic E-state index is 11.5. The first-order valence-electron chi connectivity index (χ1n) is 4.73. The Hall–Kier alpha value is -0.370. The molecule has 0 aromatic rings. The highest BCUT2D eigenvalue weighted by molar-refractivity contribution is 5.82. The van der Waals surface area contributed by atoms with Crippen molar-refractivity contribution in [2.45, 2.75) is 27.2 Å². The maximum Gasteiger partial charge on any atom is 0.140 e. The van der Waals surface area contributed by atoms with E-state index < -0.39 is 0 Å². The summed E-state index contributed by atoms with van der Waals surface area (Å²) >= 11 is 0. The lowest BCUT2D eigenvalue weighted by molar-refractivity contribution is -0.133. The van der Waals surface area contributed by atoms with E-state index >= 15 is 0 Å². The third kappa shape index (κ3) is 2.07. The third-order valence-corrected chi connectivity index (χ3v) is 2.89. The monoisotopic (exact) mass is 170 g/mol. The Kier molecular flexibility index (Phi) is 3.27. The summed E-state index contributed by atoms with van der Waals surface area (Å²) in [7, 11) is 0. The number of hydrogen-bond acceptors (Lipinski definition) is 2. The molecule has 1 fully saturated rings. The van der Waals surface area contributed by atoms with Crippen LogP contribution in [0.3, 0.4) is 0 Å². The van der Waals surface area contributed by atoms with Gasteiger partial charge in [0.05, 0.1) is 13.2 Å². The number of ketones is 1. The van der Waals surface area contributed by atoms with Gasteiger partial charge in [-0.05, 0) is 11.8 Å². The van der Waals surface area contributed by atoms with Crippen LogP contribution in [-0.2, 0) is 9.53 Å². The first kappa shape index (κ1) is 9.72. The minimum Gasteiger partial charge on any atom is -0.380 e. The summed E-state index contributed by atoms with van der Waals surface area (Å²) in [6.07, 6.45) is 0.613. The molecule has 1 heterocycles. The van der Waals surface area contributed by atoms with Gasteiger partial charge in [0.1, 0.15) is 5.78 Å². The number of carbonyl (C=O) groups is 1. The summed E-state index contributed by atoms with van der Waals surface area (Å²) < 4.78 is 5.30.